The third-order valence-corrected chi connectivity index (χ3v) is 3.76. The van der Waals surface area contributed by atoms with E-state index in [-0.39, 0.29) is 30.0 Å². The SMILES string of the molecule is CC(=O)Nc1nc2nc[nH]c2c(Cl)[n+]1[C@@H]1O[C@H](CO)C[C@H]1O. The van der Waals surface area contributed by atoms with Crippen LogP contribution in [0.3, 0.4) is 0 Å². The van der Waals surface area contributed by atoms with E-state index >= 15 is 0 Å². The number of ether oxygens (including phenoxy) is 1. The molecule has 0 unspecified atom stereocenters. The standard InChI is InChI=1S/C12H14ClN5O4/c1-5(20)16-12-17-10-8(14-4-15-10)9(13)18(12)11-7(21)2-6(3-19)22-11/h4,6-7,11,19,21H,2-3H2,1H3,(H,14,15,16,17,20)/p+1/t6-,7+,11+/m0/s1. The quantitative estimate of drug-likeness (QED) is 0.445. The van der Waals surface area contributed by atoms with Crippen molar-refractivity contribution in [3.63, 3.8) is 0 Å². The molecule has 0 aromatic carbocycles. The van der Waals surface area contributed by atoms with Crippen molar-refractivity contribution in [2.45, 2.75) is 31.8 Å². The molecule has 0 aliphatic carbocycles. The van der Waals surface area contributed by atoms with Crippen molar-refractivity contribution in [3.8, 4) is 0 Å². The van der Waals surface area contributed by atoms with E-state index in [1.54, 1.807) is 0 Å². The van der Waals surface area contributed by atoms with Gasteiger partial charge in [0.25, 0.3) is 11.6 Å². The molecule has 118 valence electrons. The van der Waals surface area contributed by atoms with Crippen LogP contribution in [0.1, 0.15) is 19.6 Å². The molecule has 1 fully saturated rings. The molecule has 10 heteroatoms. The number of hydrogen-bond donors (Lipinski definition) is 4. The van der Waals surface area contributed by atoms with Crippen LogP contribution in [0.5, 0.6) is 0 Å². The Bertz CT molecular complexity index is 721. The summed E-state index contributed by atoms with van der Waals surface area (Å²) in [5.74, 6) is -0.238. The van der Waals surface area contributed by atoms with Crippen molar-refractivity contribution >= 4 is 34.6 Å². The van der Waals surface area contributed by atoms with E-state index in [1.165, 1.54) is 17.8 Å². The van der Waals surface area contributed by atoms with E-state index in [4.69, 9.17) is 16.3 Å². The summed E-state index contributed by atoms with van der Waals surface area (Å²) < 4.78 is 6.97. The largest absolute Gasteiger partial charge is 0.404 e. The van der Waals surface area contributed by atoms with Crippen LogP contribution in [0, 0.1) is 0 Å². The molecule has 9 nitrogen and oxygen atoms in total. The predicted octanol–water partition coefficient (Wildman–Crippen LogP) is -0.502. The number of halogens is 1. The van der Waals surface area contributed by atoms with Gasteiger partial charge in [0.2, 0.25) is 11.4 Å². The van der Waals surface area contributed by atoms with Gasteiger partial charge in [0.1, 0.15) is 6.10 Å². The minimum absolute atomic E-state index is 0.111. The van der Waals surface area contributed by atoms with Gasteiger partial charge in [0.15, 0.2) is 5.52 Å². The molecule has 2 aromatic rings. The number of aliphatic hydroxyl groups is 2. The molecule has 3 atom stereocenters. The molecular weight excluding hydrogens is 314 g/mol. The zero-order valence-electron chi connectivity index (χ0n) is 11.7. The number of rotatable bonds is 3. The maximum absolute atomic E-state index is 11.4. The van der Waals surface area contributed by atoms with Gasteiger partial charge in [-0.05, 0) is 16.6 Å². The Labute approximate surface area is 129 Å². The fourth-order valence-electron chi connectivity index (χ4n) is 2.45. The Balaban J connectivity index is 2.13. The van der Waals surface area contributed by atoms with E-state index < -0.39 is 18.4 Å². The van der Waals surface area contributed by atoms with Gasteiger partial charge in [0, 0.05) is 13.3 Å². The van der Waals surface area contributed by atoms with Crippen LogP contribution in [0.4, 0.5) is 5.95 Å². The maximum atomic E-state index is 11.4. The lowest BCUT2D eigenvalue weighted by molar-refractivity contribution is -0.752. The first-order valence-electron chi connectivity index (χ1n) is 6.67. The molecule has 0 radical (unpaired) electrons. The van der Waals surface area contributed by atoms with E-state index in [0.29, 0.717) is 11.2 Å². The van der Waals surface area contributed by atoms with Crippen molar-refractivity contribution < 1.29 is 24.3 Å². The number of fused-ring (bicyclic) bond motifs is 1. The molecule has 3 heterocycles. The summed E-state index contributed by atoms with van der Waals surface area (Å²) in [6.07, 6.45) is -0.592. The van der Waals surface area contributed by atoms with Gasteiger partial charge >= 0.3 is 5.95 Å². The van der Waals surface area contributed by atoms with E-state index in [9.17, 15) is 15.0 Å². The van der Waals surface area contributed by atoms with Gasteiger partial charge in [-0.2, -0.15) is 4.57 Å². The smallest absolute Gasteiger partial charge is 0.394 e. The average molecular weight is 329 g/mol. The normalized spacial score (nSPS) is 24.8. The van der Waals surface area contributed by atoms with Crippen LogP contribution in [0.2, 0.25) is 5.15 Å². The summed E-state index contributed by atoms with van der Waals surface area (Å²) in [6, 6.07) is 0. The Morgan fingerprint density at radius 1 is 1.68 bits per heavy atom. The average Bonchev–Trinajstić information content (AvgIpc) is 3.05. The van der Waals surface area contributed by atoms with Crippen LogP contribution in [0.25, 0.3) is 11.2 Å². The molecule has 22 heavy (non-hydrogen) atoms. The molecule has 1 aliphatic heterocycles. The van der Waals surface area contributed by atoms with Crippen molar-refractivity contribution in [1.29, 1.82) is 0 Å². The third kappa shape index (κ3) is 2.52. The van der Waals surface area contributed by atoms with Crippen molar-refractivity contribution in [1.82, 2.24) is 15.0 Å². The van der Waals surface area contributed by atoms with E-state index in [0.717, 1.165) is 0 Å². The Morgan fingerprint density at radius 2 is 2.45 bits per heavy atom. The third-order valence-electron chi connectivity index (χ3n) is 3.39. The molecule has 1 aliphatic rings. The van der Waals surface area contributed by atoms with Crippen LogP contribution >= 0.6 is 11.6 Å². The highest BCUT2D eigenvalue weighted by Crippen LogP contribution is 2.28. The number of aromatic nitrogens is 4. The zero-order valence-corrected chi connectivity index (χ0v) is 12.4. The van der Waals surface area contributed by atoms with E-state index in [1.807, 2.05) is 0 Å². The number of aliphatic hydroxyl groups excluding tert-OH is 2. The number of carbonyl (C=O) groups excluding carboxylic acids is 1. The van der Waals surface area contributed by atoms with Crippen molar-refractivity contribution in [3.05, 3.63) is 11.5 Å². The van der Waals surface area contributed by atoms with Crippen LogP contribution in [0.15, 0.2) is 6.33 Å². The zero-order chi connectivity index (χ0) is 15.9. The summed E-state index contributed by atoms with van der Waals surface area (Å²) in [6.45, 7) is 1.11. The fraction of sp³-hybridized carbons (Fsp3) is 0.500. The van der Waals surface area contributed by atoms with Crippen LogP contribution in [-0.4, -0.2) is 49.9 Å². The number of anilines is 1. The summed E-state index contributed by atoms with van der Waals surface area (Å²) in [4.78, 5) is 22.5. The topological polar surface area (TPSA) is 124 Å². The number of hydrogen-bond acceptors (Lipinski definition) is 6. The number of nitrogens with zero attached hydrogens (tertiary/aromatic N) is 3. The molecule has 1 amide bonds. The highest BCUT2D eigenvalue weighted by atomic mass is 35.5. The number of H-pyrrole nitrogens is 1. The maximum Gasteiger partial charge on any atom is 0.404 e. The Kier molecular flexibility index (Phi) is 3.96. The number of aromatic amines is 1. The molecule has 2 aromatic heterocycles. The summed E-state index contributed by atoms with van der Waals surface area (Å²) in [7, 11) is 0. The van der Waals surface area contributed by atoms with Crippen LogP contribution < -0.4 is 9.88 Å². The molecule has 0 bridgehead atoms. The second kappa shape index (κ2) is 5.76. The Morgan fingerprint density at radius 3 is 3.09 bits per heavy atom. The molecular formula is C12H15ClN5O4+. The minimum atomic E-state index is -0.894. The summed E-state index contributed by atoms with van der Waals surface area (Å²) in [5.41, 5.74) is 0.787. The molecule has 1 saturated heterocycles. The first-order chi connectivity index (χ1) is 10.5. The number of carbonyl (C=O) groups is 1. The lowest BCUT2D eigenvalue weighted by Gasteiger charge is -2.17. The Hall–Kier alpha value is -1.81. The predicted molar refractivity (Wildman–Crippen MR) is 75.0 cm³/mol. The lowest BCUT2D eigenvalue weighted by Crippen LogP contribution is -2.49. The van der Waals surface area contributed by atoms with Gasteiger partial charge < -0.3 is 19.9 Å². The first kappa shape index (κ1) is 15.1. The summed E-state index contributed by atoms with van der Waals surface area (Å²) in [5, 5.41) is 22.1. The van der Waals surface area contributed by atoms with Crippen LogP contribution in [-0.2, 0) is 9.53 Å². The van der Waals surface area contributed by atoms with Crippen molar-refractivity contribution in [2.24, 2.45) is 0 Å². The number of imidazole rings is 1. The molecule has 0 saturated carbocycles. The molecule has 4 N–H and O–H groups in total. The van der Waals surface area contributed by atoms with Gasteiger partial charge in [-0.1, -0.05) is 0 Å². The van der Waals surface area contributed by atoms with Gasteiger partial charge in [-0.25, -0.2) is 10.3 Å². The highest BCUT2D eigenvalue weighted by molar-refractivity contribution is 6.32. The lowest BCUT2D eigenvalue weighted by atomic mass is 10.2. The highest BCUT2D eigenvalue weighted by Gasteiger charge is 2.41. The monoisotopic (exact) mass is 328 g/mol. The molecule has 3 rings (SSSR count). The number of nitrogens with one attached hydrogen (secondary N) is 2. The first-order valence-corrected chi connectivity index (χ1v) is 7.05. The molecule has 0 spiro atoms. The van der Waals surface area contributed by atoms with Crippen molar-refractivity contribution in [2.75, 3.05) is 11.9 Å². The fourth-order valence-corrected chi connectivity index (χ4v) is 2.76. The van der Waals surface area contributed by atoms with Gasteiger partial charge in [-0.15, -0.1) is 0 Å². The number of amides is 1. The van der Waals surface area contributed by atoms with Gasteiger partial charge in [-0.3, -0.25) is 4.79 Å². The second-order valence-corrected chi connectivity index (χ2v) is 5.37. The van der Waals surface area contributed by atoms with Gasteiger partial charge in [0.05, 0.1) is 19.0 Å². The minimum Gasteiger partial charge on any atom is -0.394 e. The summed E-state index contributed by atoms with van der Waals surface area (Å²) >= 11 is 6.35. The second-order valence-electron chi connectivity index (χ2n) is 5.01. The van der Waals surface area contributed by atoms with E-state index in [2.05, 4.69) is 20.3 Å².